The van der Waals surface area contributed by atoms with Crippen molar-refractivity contribution < 1.29 is 13.8 Å². The largest absolute Gasteiger partial charge is 0.339 e. The molecule has 3 aromatic rings. The third-order valence-corrected chi connectivity index (χ3v) is 4.30. The van der Waals surface area contributed by atoms with Crippen LogP contribution in [0.2, 0.25) is 0 Å². The summed E-state index contributed by atoms with van der Waals surface area (Å²) in [6, 6.07) is 9.26. The van der Waals surface area contributed by atoms with Crippen LogP contribution < -0.4 is 5.32 Å². The molecule has 140 valence electrons. The van der Waals surface area contributed by atoms with Crippen LogP contribution in [0, 0.1) is 0 Å². The number of rotatable bonds is 7. The molecule has 0 aliphatic heterocycles. The van der Waals surface area contributed by atoms with Crippen molar-refractivity contribution in [2.24, 2.45) is 0 Å². The SMILES string of the molecule is CCN(Cc1noc(C2CC2)n1)C(=O)NCc1nc(-c2ccccc2)no1. The van der Waals surface area contributed by atoms with E-state index in [2.05, 4.69) is 25.6 Å². The Morgan fingerprint density at radius 1 is 1.19 bits per heavy atom. The Labute approximate surface area is 155 Å². The third-order valence-electron chi connectivity index (χ3n) is 4.30. The Morgan fingerprint density at radius 2 is 2.00 bits per heavy atom. The van der Waals surface area contributed by atoms with Crippen LogP contribution >= 0.6 is 0 Å². The Bertz CT molecular complexity index is 903. The average molecular weight is 368 g/mol. The van der Waals surface area contributed by atoms with E-state index in [1.54, 1.807) is 4.90 Å². The van der Waals surface area contributed by atoms with Crippen molar-refractivity contribution in [1.82, 2.24) is 30.5 Å². The van der Waals surface area contributed by atoms with Crippen molar-refractivity contribution >= 4 is 6.03 Å². The van der Waals surface area contributed by atoms with Gasteiger partial charge in [0, 0.05) is 18.0 Å². The van der Waals surface area contributed by atoms with E-state index in [1.165, 1.54) is 0 Å². The summed E-state index contributed by atoms with van der Waals surface area (Å²) in [5, 5.41) is 10.7. The maximum absolute atomic E-state index is 12.4. The molecular weight excluding hydrogens is 348 g/mol. The molecule has 0 unspecified atom stereocenters. The highest BCUT2D eigenvalue weighted by Crippen LogP contribution is 2.38. The number of nitrogens with one attached hydrogen (secondary N) is 1. The van der Waals surface area contributed by atoms with Gasteiger partial charge in [0.25, 0.3) is 0 Å². The molecule has 9 nitrogen and oxygen atoms in total. The first-order valence-electron chi connectivity index (χ1n) is 8.96. The molecule has 1 aliphatic rings. The lowest BCUT2D eigenvalue weighted by molar-refractivity contribution is 0.194. The summed E-state index contributed by atoms with van der Waals surface area (Å²) >= 11 is 0. The predicted octanol–water partition coefficient (Wildman–Crippen LogP) is 2.73. The monoisotopic (exact) mass is 368 g/mol. The van der Waals surface area contributed by atoms with Crippen LogP contribution in [0.3, 0.4) is 0 Å². The molecule has 1 fully saturated rings. The van der Waals surface area contributed by atoms with Crippen molar-refractivity contribution in [3.8, 4) is 11.4 Å². The van der Waals surface area contributed by atoms with E-state index in [0.29, 0.717) is 35.9 Å². The number of hydrogen-bond acceptors (Lipinski definition) is 7. The van der Waals surface area contributed by atoms with E-state index < -0.39 is 0 Å². The van der Waals surface area contributed by atoms with Gasteiger partial charge in [0.1, 0.15) is 0 Å². The van der Waals surface area contributed by atoms with E-state index in [9.17, 15) is 4.79 Å². The molecule has 1 aliphatic carbocycles. The lowest BCUT2D eigenvalue weighted by Gasteiger charge is -2.18. The second kappa shape index (κ2) is 7.56. The summed E-state index contributed by atoms with van der Waals surface area (Å²) in [4.78, 5) is 22.7. The average Bonchev–Trinajstić information content (AvgIpc) is 3.26. The fourth-order valence-electron chi connectivity index (χ4n) is 2.62. The van der Waals surface area contributed by atoms with Crippen LogP contribution in [0.5, 0.6) is 0 Å². The minimum Gasteiger partial charge on any atom is -0.339 e. The van der Waals surface area contributed by atoms with Gasteiger partial charge < -0.3 is 19.3 Å². The number of carbonyl (C=O) groups excluding carboxylic acids is 1. The molecule has 0 atom stereocenters. The molecule has 0 bridgehead atoms. The molecule has 2 amide bonds. The van der Waals surface area contributed by atoms with Crippen molar-refractivity contribution in [2.45, 2.75) is 38.8 Å². The molecule has 2 heterocycles. The lowest BCUT2D eigenvalue weighted by Crippen LogP contribution is -2.39. The topological polar surface area (TPSA) is 110 Å². The van der Waals surface area contributed by atoms with Crippen molar-refractivity contribution in [2.75, 3.05) is 6.54 Å². The number of hydrogen-bond donors (Lipinski definition) is 1. The van der Waals surface area contributed by atoms with E-state index in [4.69, 9.17) is 9.05 Å². The zero-order valence-corrected chi connectivity index (χ0v) is 15.0. The van der Waals surface area contributed by atoms with E-state index in [1.807, 2.05) is 37.3 Å². The maximum Gasteiger partial charge on any atom is 0.318 e. The van der Waals surface area contributed by atoms with Gasteiger partial charge in [-0.15, -0.1) is 0 Å². The van der Waals surface area contributed by atoms with Crippen molar-refractivity contribution in [1.29, 1.82) is 0 Å². The summed E-state index contributed by atoms with van der Waals surface area (Å²) < 4.78 is 10.4. The fraction of sp³-hybridized carbons (Fsp3) is 0.389. The number of benzene rings is 1. The van der Waals surface area contributed by atoms with Crippen LogP contribution in [-0.2, 0) is 13.1 Å². The van der Waals surface area contributed by atoms with Crippen molar-refractivity contribution in [3.63, 3.8) is 0 Å². The van der Waals surface area contributed by atoms with Crippen LogP contribution in [0.1, 0.15) is 43.3 Å². The molecular formula is C18H20N6O3. The first kappa shape index (κ1) is 17.2. The van der Waals surface area contributed by atoms with Gasteiger partial charge in [-0.05, 0) is 19.8 Å². The Hall–Kier alpha value is -3.23. The maximum atomic E-state index is 12.4. The van der Waals surface area contributed by atoms with Gasteiger partial charge in [-0.1, -0.05) is 40.6 Å². The molecule has 1 aromatic carbocycles. The number of nitrogens with zero attached hydrogens (tertiary/aromatic N) is 5. The van der Waals surface area contributed by atoms with Gasteiger partial charge in [-0.3, -0.25) is 0 Å². The molecule has 0 radical (unpaired) electrons. The summed E-state index contributed by atoms with van der Waals surface area (Å²) in [7, 11) is 0. The normalized spacial score (nSPS) is 13.5. The summed E-state index contributed by atoms with van der Waals surface area (Å²) in [6.07, 6.45) is 2.18. The second-order valence-electron chi connectivity index (χ2n) is 6.37. The standard InChI is InChI=1S/C18H20N6O3/c1-2-24(11-14-20-17(27-22-14)13-8-9-13)18(25)19-10-15-21-16(23-26-15)12-6-4-3-5-7-12/h3-7,13H,2,8-11H2,1H3,(H,19,25). The quantitative estimate of drug-likeness (QED) is 0.682. The number of aromatic nitrogens is 4. The first-order chi connectivity index (χ1) is 13.2. The number of carbonyl (C=O) groups is 1. The molecule has 2 aromatic heterocycles. The van der Waals surface area contributed by atoms with Gasteiger partial charge in [0.05, 0.1) is 13.1 Å². The van der Waals surface area contributed by atoms with Gasteiger partial charge in [0.2, 0.25) is 17.6 Å². The molecule has 1 N–H and O–H groups in total. The Balaban J connectivity index is 1.32. The highest BCUT2D eigenvalue weighted by Gasteiger charge is 2.30. The predicted molar refractivity (Wildman–Crippen MR) is 94.3 cm³/mol. The molecule has 1 saturated carbocycles. The summed E-state index contributed by atoms with van der Waals surface area (Å²) in [6.45, 7) is 2.84. The zero-order chi connectivity index (χ0) is 18.6. The fourth-order valence-corrected chi connectivity index (χ4v) is 2.62. The molecule has 27 heavy (non-hydrogen) atoms. The molecule has 0 saturated heterocycles. The van der Waals surface area contributed by atoms with Gasteiger partial charge in [-0.25, -0.2) is 4.79 Å². The molecule has 4 rings (SSSR count). The summed E-state index contributed by atoms with van der Waals surface area (Å²) in [5.41, 5.74) is 0.859. The van der Waals surface area contributed by atoms with Gasteiger partial charge in [-0.2, -0.15) is 9.97 Å². The van der Waals surface area contributed by atoms with Gasteiger partial charge in [0.15, 0.2) is 5.82 Å². The van der Waals surface area contributed by atoms with E-state index in [0.717, 1.165) is 18.4 Å². The second-order valence-corrected chi connectivity index (χ2v) is 6.37. The zero-order valence-electron chi connectivity index (χ0n) is 15.0. The Morgan fingerprint density at radius 3 is 2.74 bits per heavy atom. The van der Waals surface area contributed by atoms with E-state index in [-0.39, 0.29) is 19.1 Å². The van der Waals surface area contributed by atoms with Gasteiger partial charge >= 0.3 is 6.03 Å². The summed E-state index contributed by atoms with van der Waals surface area (Å²) in [5.74, 6) is 2.41. The first-order valence-corrected chi connectivity index (χ1v) is 8.96. The number of urea groups is 1. The third kappa shape index (κ3) is 4.13. The molecule has 0 spiro atoms. The van der Waals surface area contributed by atoms with Crippen LogP contribution in [0.4, 0.5) is 4.79 Å². The van der Waals surface area contributed by atoms with Crippen LogP contribution in [0.15, 0.2) is 39.4 Å². The Kier molecular flexibility index (Phi) is 4.82. The minimum absolute atomic E-state index is 0.148. The van der Waals surface area contributed by atoms with E-state index >= 15 is 0 Å². The minimum atomic E-state index is -0.255. The highest BCUT2D eigenvalue weighted by atomic mass is 16.5. The number of amides is 2. The molecule has 9 heteroatoms. The van der Waals surface area contributed by atoms with Crippen LogP contribution in [0.25, 0.3) is 11.4 Å². The van der Waals surface area contributed by atoms with Crippen molar-refractivity contribution in [3.05, 3.63) is 47.9 Å². The lowest BCUT2D eigenvalue weighted by atomic mass is 10.2. The smallest absolute Gasteiger partial charge is 0.318 e. The highest BCUT2D eigenvalue weighted by molar-refractivity contribution is 5.73. The van der Waals surface area contributed by atoms with Crippen LogP contribution in [-0.4, -0.2) is 37.8 Å².